The van der Waals surface area contributed by atoms with Crippen molar-refractivity contribution in [2.24, 2.45) is 14.1 Å². The van der Waals surface area contributed by atoms with Crippen molar-refractivity contribution < 1.29 is 4.74 Å². The van der Waals surface area contributed by atoms with Crippen LogP contribution in [0.15, 0.2) is 64.2 Å². The molecular formula is C26H27N5O3. The van der Waals surface area contributed by atoms with Gasteiger partial charge in [-0.3, -0.25) is 22.9 Å². The van der Waals surface area contributed by atoms with Crippen LogP contribution < -0.4 is 16.0 Å². The summed E-state index contributed by atoms with van der Waals surface area (Å²) in [4.78, 5) is 30.8. The third-order valence-corrected chi connectivity index (χ3v) is 6.35. The van der Waals surface area contributed by atoms with E-state index in [2.05, 4.69) is 23.6 Å². The smallest absolute Gasteiger partial charge is 0.332 e. The molecule has 0 N–H and O–H groups in total. The van der Waals surface area contributed by atoms with Gasteiger partial charge in [0.05, 0.1) is 18.5 Å². The third kappa shape index (κ3) is 3.17. The Kier molecular flexibility index (Phi) is 5.36. The van der Waals surface area contributed by atoms with Crippen molar-refractivity contribution in [3.63, 3.8) is 0 Å². The minimum Gasteiger partial charge on any atom is -0.497 e. The molecule has 8 heteroatoms. The Labute approximate surface area is 196 Å². The highest BCUT2D eigenvalue weighted by Gasteiger charge is 2.26. The SMILES string of the molecule is CCCCc1c(-c2ccccc2)n(-c2ccc(OC)cc2)c2nc3c(c(=O)n(C)c(=O)n3C)n12. The van der Waals surface area contributed by atoms with Crippen LogP contribution >= 0.6 is 0 Å². The molecule has 0 radical (unpaired) electrons. The first-order valence-corrected chi connectivity index (χ1v) is 11.4. The molecule has 0 fully saturated rings. The van der Waals surface area contributed by atoms with Crippen LogP contribution in [-0.2, 0) is 20.5 Å². The Morgan fingerprint density at radius 1 is 0.941 bits per heavy atom. The van der Waals surface area contributed by atoms with Crippen molar-refractivity contribution in [3.05, 3.63) is 81.1 Å². The Morgan fingerprint density at radius 2 is 1.65 bits per heavy atom. The number of methoxy groups -OCH3 is 1. The maximum atomic E-state index is 13.3. The van der Waals surface area contributed by atoms with E-state index in [1.165, 1.54) is 11.6 Å². The van der Waals surface area contributed by atoms with Gasteiger partial charge in [-0.25, -0.2) is 4.79 Å². The van der Waals surface area contributed by atoms with Gasteiger partial charge in [0.1, 0.15) is 5.75 Å². The molecule has 34 heavy (non-hydrogen) atoms. The van der Waals surface area contributed by atoms with E-state index in [1.54, 1.807) is 14.2 Å². The maximum absolute atomic E-state index is 13.3. The van der Waals surface area contributed by atoms with Crippen LogP contribution in [0.2, 0.25) is 0 Å². The number of aryl methyl sites for hydroxylation is 2. The minimum atomic E-state index is -0.396. The number of ether oxygens (including phenoxy) is 1. The van der Waals surface area contributed by atoms with Crippen molar-refractivity contribution in [3.8, 4) is 22.7 Å². The molecule has 0 spiro atoms. The van der Waals surface area contributed by atoms with E-state index in [4.69, 9.17) is 9.72 Å². The summed E-state index contributed by atoms with van der Waals surface area (Å²) in [6.45, 7) is 2.15. The van der Waals surface area contributed by atoms with Gasteiger partial charge in [0.25, 0.3) is 5.56 Å². The van der Waals surface area contributed by atoms with Crippen LogP contribution in [0.1, 0.15) is 25.5 Å². The summed E-state index contributed by atoms with van der Waals surface area (Å²) in [7, 11) is 4.80. The standard InChI is InChI=1S/C26H27N5O3/c1-5-6-12-20-21(17-10-8-7-9-11-17)30(18-13-15-19(34-4)16-14-18)25-27-23-22(31(20)25)24(32)29(3)26(33)28(23)2/h7-11,13-16H,5-6,12H2,1-4H3. The molecule has 0 bridgehead atoms. The van der Waals surface area contributed by atoms with E-state index in [-0.39, 0.29) is 5.56 Å². The average molecular weight is 458 g/mol. The summed E-state index contributed by atoms with van der Waals surface area (Å²) >= 11 is 0. The zero-order valence-corrected chi connectivity index (χ0v) is 19.8. The summed E-state index contributed by atoms with van der Waals surface area (Å²) in [5.74, 6) is 1.35. The lowest BCUT2D eigenvalue weighted by molar-refractivity contribution is 0.415. The number of nitrogens with zero attached hydrogens (tertiary/aromatic N) is 5. The number of imidazole rings is 2. The molecule has 0 unspecified atom stereocenters. The third-order valence-electron chi connectivity index (χ3n) is 6.35. The number of hydrogen-bond acceptors (Lipinski definition) is 4. The van der Waals surface area contributed by atoms with Crippen LogP contribution in [0.3, 0.4) is 0 Å². The fraction of sp³-hybridized carbons (Fsp3) is 0.269. The van der Waals surface area contributed by atoms with Crippen molar-refractivity contribution in [2.75, 3.05) is 7.11 Å². The summed E-state index contributed by atoms with van der Waals surface area (Å²) < 4.78 is 12.0. The van der Waals surface area contributed by atoms with Gasteiger partial charge in [-0.1, -0.05) is 43.7 Å². The maximum Gasteiger partial charge on any atom is 0.332 e. The van der Waals surface area contributed by atoms with Gasteiger partial charge in [0.2, 0.25) is 5.78 Å². The molecule has 0 saturated carbocycles. The van der Waals surface area contributed by atoms with E-state index < -0.39 is 5.69 Å². The molecule has 0 saturated heterocycles. The largest absolute Gasteiger partial charge is 0.497 e. The normalized spacial score (nSPS) is 11.5. The molecule has 5 aromatic rings. The topological polar surface area (TPSA) is 75.5 Å². The van der Waals surface area contributed by atoms with Gasteiger partial charge >= 0.3 is 5.69 Å². The summed E-state index contributed by atoms with van der Waals surface area (Å²) in [6.07, 6.45) is 2.72. The molecular weight excluding hydrogens is 430 g/mol. The van der Waals surface area contributed by atoms with Crippen LogP contribution in [0, 0.1) is 0 Å². The monoisotopic (exact) mass is 457 g/mol. The van der Waals surface area contributed by atoms with Crippen molar-refractivity contribution in [1.82, 2.24) is 23.1 Å². The average Bonchev–Trinajstić information content (AvgIpc) is 3.40. The fourth-order valence-corrected chi connectivity index (χ4v) is 4.57. The summed E-state index contributed by atoms with van der Waals surface area (Å²) in [6, 6.07) is 17.9. The Balaban J connectivity index is 2.00. The zero-order chi connectivity index (χ0) is 24.0. The van der Waals surface area contributed by atoms with E-state index in [0.717, 1.165) is 52.2 Å². The molecule has 0 aliphatic rings. The Hall–Kier alpha value is -4.07. The predicted octanol–water partition coefficient (Wildman–Crippen LogP) is 3.69. The van der Waals surface area contributed by atoms with E-state index >= 15 is 0 Å². The quantitative estimate of drug-likeness (QED) is 0.390. The number of fused-ring (bicyclic) bond motifs is 3. The highest BCUT2D eigenvalue weighted by molar-refractivity contribution is 5.81. The minimum absolute atomic E-state index is 0.352. The second-order valence-corrected chi connectivity index (χ2v) is 8.42. The summed E-state index contributed by atoms with van der Waals surface area (Å²) in [5, 5.41) is 0. The van der Waals surface area contributed by atoms with E-state index in [1.807, 2.05) is 46.9 Å². The summed E-state index contributed by atoms with van der Waals surface area (Å²) in [5.41, 5.74) is 3.95. The molecule has 3 heterocycles. The highest BCUT2D eigenvalue weighted by Crippen LogP contribution is 2.34. The lowest BCUT2D eigenvalue weighted by Crippen LogP contribution is -2.37. The van der Waals surface area contributed by atoms with Gasteiger partial charge in [-0.05, 0) is 37.1 Å². The second kappa shape index (κ2) is 8.37. The van der Waals surface area contributed by atoms with Crippen LogP contribution in [-0.4, -0.2) is 30.2 Å². The van der Waals surface area contributed by atoms with Gasteiger partial charge in [-0.2, -0.15) is 4.98 Å². The number of hydrogen-bond donors (Lipinski definition) is 0. The lowest BCUT2D eigenvalue weighted by atomic mass is 10.1. The molecule has 0 aliphatic heterocycles. The number of benzene rings is 2. The zero-order valence-electron chi connectivity index (χ0n) is 19.8. The predicted molar refractivity (Wildman–Crippen MR) is 133 cm³/mol. The van der Waals surface area contributed by atoms with E-state index in [9.17, 15) is 9.59 Å². The molecule has 8 nitrogen and oxygen atoms in total. The number of aromatic nitrogens is 5. The molecule has 174 valence electrons. The van der Waals surface area contributed by atoms with Crippen LogP contribution in [0.4, 0.5) is 0 Å². The van der Waals surface area contributed by atoms with Gasteiger partial charge in [-0.15, -0.1) is 0 Å². The van der Waals surface area contributed by atoms with Gasteiger partial charge < -0.3 is 4.74 Å². The lowest BCUT2D eigenvalue weighted by Gasteiger charge is -2.12. The molecule has 0 amide bonds. The first kappa shape index (κ1) is 21.8. The molecule has 5 rings (SSSR count). The highest BCUT2D eigenvalue weighted by atomic mass is 16.5. The van der Waals surface area contributed by atoms with Crippen molar-refractivity contribution in [2.45, 2.75) is 26.2 Å². The molecule has 3 aromatic heterocycles. The molecule has 0 atom stereocenters. The fourth-order valence-electron chi connectivity index (χ4n) is 4.57. The number of rotatable bonds is 6. The van der Waals surface area contributed by atoms with E-state index in [0.29, 0.717) is 16.9 Å². The Bertz CT molecular complexity index is 1620. The second-order valence-electron chi connectivity index (χ2n) is 8.42. The number of unbranched alkanes of at least 4 members (excludes halogenated alkanes) is 1. The van der Waals surface area contributed by atoms with Crippen LogP contribution in [0.25, 0.3) is 33.9 Å². The van der Waals surface area contributed by atoms with Gasteiger partial charge in [0, 0.05) is 25.3 Å². The van der Waals surface area contributed by atoms with Crippen molar-refractivity contribution in [1.29, 1.82) is 0 Å². The van der Waals surface area contributed by atoms with Crippen LogP contribution in [0.5, 0.6) is 5.75 Å². The molecule has 0 aliphatic carbocycles. The van der Waals surface area contributed by atoms with Gasteiger partial charge in [0.15, 0.2) is 11.2 Å². The first-order chi connectivity index (χ1) is 16.5. The van der Waals surface area contributed by atoms with Crippen molar-refractivity contribution >= 4 is 16.9 Å². The molecule has 2 aromatic carbocycles. The first-order valence-electron chi connectivity index (χ1n) is 11.4. The Morgan fingerprint density at radius 3 is 2.29 bits per heavy atom.